The van der Waals surface area contributed by atoms with E-state index in [4.69, 9.17) is 4.74 Å². The Bertz CT molecular complexity index is 802. The van der Waals surface area contributed by atoms with Crippen LogP contribution in [0.2, 0.25) is 0 Å². The standard InChI is InChI=1S/C21H28BrNO3/c1-19(2,3)26-18(25)23-16-13-10-8-9-12(13)15(22)11-14(16)20(4,5)17(24)21(23,6)7/h11H,8-10H2,1-7H3. The van der Waals surface area contributed by atoms with Gasteiger partial charge in [-0.2, -0.15) is 0 Å². The van der Waals surface area contributed by atoms with Gasteiger partial charge in [0.15, 0.2) is 5.78 Å². The van der Waals surface area contributed by atoms with Crippen molar-refractivity contribution in [2.45, 2.75) is 84.3 Å². The average Bonchev–Trinajstić information content (AvgIpc) is 2.95. The molecule has 0 fully saturated rings. The number of carbonyl (C=O) groups excluding carboxylic acids is 2. The Morgan fingerprint density at radius 1 is 1.15 bits per heavy atom. The zero-order valence-corrected chi connectivity index (χ0v) is 18.3. The number of Topliss-reactive ketones (excluding diaryl/α,β-unsaturated/α-hetero) is 1. The van der Waals surface area contributed by atoms with Crippen molar-refractivity contribution in [3.63, 3.8) is 0 Å². The number of hydrogen-bond donors (Lipinski definition) is 0. The SMILES string of the molecule is CC(C)(C)OC(=O)N1c2c(cc(Br)c3c2CCC3)C(C)(C)C(=O)C1(C)C. The molecule has 1 aromatic carbocycles. The molecule has 0 saturated carbocycles. The summed E-state index contributed by atoms with van der Waals surface area (Å²) in [5, 5.41) is 0. The predicted molar refractivity (Wildman–Crippen MR) is 107 cm³/mol. The zero-order valence-electron chi connectivity index (χ0n) is 16.7. The van der Waals surface area contributed by atoms with Gasteiger partial charge in [0.2, 0.25) is 0 Å². The maximum atomic E-state index is 13.4. The van der Waals surface area contributed by atoms with Crippen LogP contribution in [0.15, 0.2) is 10.5 Å². The fourth-order valence-corrected chi connectivity index (χ4v) is 5.01. The highest BCUT2D eigenvalue weighted by Gasteiger charge is 2.54. The second-order valence-electron chi connectivity index (χ2n) is 9.39. The van der Waals surface area contributed by atoms with Gasteiger partial charge in [-0.05, 0) is 90.5 Å². The summed E-state index contributed by atoms with van der Waals surface area (Å²) in [4.78, 5) is 28.1. The van der Waals surface area contributed by atoms with E-state index in [-0.39, 0.29) is 5.78 Å². The topological polar surface area (TPSA) is 46.6 Å². The molecule has 4 nitrogen and oxygen atoms in total. The first kappa shape index (κ1) is 19.4. The molecule has 2 aliphatic rings. The highest BCUT2D eigenvalue weighted by molar-refractivity contribution is 9.10. The Kier molecular flexibility index (Phi) is 4.34. The van der Waals surface area contributed by atoms with Crippen LogP contribution in [-0.4, -0.2) is 23.0 Å². The second kappa shape index (κ2) is 5.82. The van der Waals surface area contributed by atoms with Crippen LogP contribution in [0.5, 0.6) is 0 Å². The van der Waals surface area contributed by atoms with Crippen LogP contribution >= 0.6 is 15.9 Å². The lowest BCUT2D eigenvalue weighted by Gasteiger charge is -2.49. The molecule has 3 rings (SSSR count). The minimum absolute atomic E-state index is 0.0215. The molecule has 1 aliphatic carbocycles. The normalized spacial score (nSPS) is 20.6. The number of nitrogens with zero attached hydrogens (tertiary/aromatic N) is 1. The van der Waals surface area contributed by atoms with Crippen LogP contribution in [0.25, 0.3) is 0 Å². The number of halogens is 1. The molecule has 0 aromatic heterocycles. The van der Waals surface area contributed by atoms with Crippen molar-refractivity contribution in [3.8, 4) is 0 Å². The summed E-state index contributed by atoms with van der Waals surface area (Å²) in [6, 6.07) is 2.03. The largest absolute Gasteiger partial charge is 0.443 e. The lowest BCUT2D eigenvalue weighted by atomic mass is 9.68. The van der Waals surface area contributed by atoms with Gasteiger partial charge in [-0.1, -0.05) is 15.9 Å². The Balaban J connectivity index is 2.30. The lowest BCUT2D eigenvalue weighted by molar-refractivity contribution is -0.128. The van der Waals surface area contributed by atoms with Crippen molar-refractivity contribution < 1.29 is 14.3 Å². The predicted octanol–water partition coefficient (Wildman–Crippen LogP) is 5.32. The van der Waals surface area contributed by atoms with Gasteiger partial charge in [-0.15, -0.1) is 0 Å². The van der Waals surface area contributed by atoms with Crippen molar-refractivity contribution in [2.24, 2.45) is 0 Å². The third-order valence-electron chi connectivity index (χ3n) is 5.47. The van der Waals surface area contributed by atoms with E-state index in [1.165, 1.54) is 11.1 Å². The van der Waals surface area contributed by atoms with Crippen molar-refractivity contribution in [1.82, 2.24) is 0 Å². The van der Waals surface area contributed by atoms with Gasteiger partial charge in [0.1, 0.15) is 11.1 Å². The van der Waals surface area contributed by atoms with Crippen molar-refractivity contribution >= 4 is 33.5 Å². The number of benzene rings is 1. The summed E-state index contributed by atoms with van der Waals surface area (Å²) in [7, 11) is 0. The molecule has 0 unspecified atom stereocenters. The van der Waals surface area contributed by atoms with Crippen molar-refractivity contribution in [3.05, 3.63) is 27.2 Å². The van der Waals surface area contributed by atoms with E-state index in [9.17, 15) is 9.59 Å². The number of hydrogen-bond acceptors (Lipinski definition) is 3. The van der Waals surface area contributed by atoms with E-state index in [1.807, 2.05) is 54.5 Å². The van der Waals surface area contributed by atoms with Crippen LogP contribution in [0, 0.1) is 0 Å². The molecule has 0 saturated heterocycles. The number of ether oxygens (including phenoxy) is 1. The van der Waals surface area contributed by atoms with Crippen LogP contribution in [0.1, 0.15) is 71.6 Å². The van der Waals surface area contributed by atoms with Gasteiger partial charge in [0.05, 0.1) is 11.1 Å². The van der Waals surface area contributed by atoms with Crippen molar-refractivity contribution in [1.29, 1.82) is 0 Å². The minimum atomic E-state index is -0.969. The minimum Gasteiger partial charge on any atom is -0.443 e. The fourth-order valence-electron chi connectivity index (χ4n) is 4.34. The molecular formula is C21H28BrNO3. The lowest BCUT2D eigenvalue weighted by Crippen LogP contribution is -2.63. The molecule has 1 heterocycles. The molecule has 1 amide bonds. The smallest absolute Gasteiger partial charge is 0.415 e. The molecule has 26 heavy (non-hydrogen) atoms. The van der Waals surface area contributed by atoms with E-state index in [1.54, 1.807) is 4.90 Å². The van der Waals surface area contributed by atoms with Gasteiger partial charge in [0.25, 0.3) is 0 Å². The molecular weight excluding hydrogens is 394 g/mol. The molecule has 0 radical (unpaired) electrons. The Labute approximate surface area is 164 Å². The Morgan fingerprint density at radius 3 is 2.31 bits per heavy atom. The molecule has 0 spiro atoms. The molecule has 1 aromatic rings. The van der Waals surface area contributed by atoms with Gasteiger partial charge in [-0.25, -0.2) is 4.79 Å². The quantitative estimate of drug-likeness (QED) is 0.569. The maximum Gasteiger partial charge on any atom is 0.415 e. The van der Waals surface area contributed by atoms with Crippen molar-refractivity contribution in [2.75, 3.05) is 4.90 Å². The summed E-state index contributed by atoms with van der Waals surface area (Å²) < 4.78 is 6.73. The highest BCUT2D eigenvalue weighted by Crippen LogP contribution is 2.50. The molecule has 142 valence electrons. The van der Waals surface area contributed by atoms with E-state index < -0.39 is 22.6 Å². The maximum absolute atomic E-state index is 13.4. The first-order valence-electron chi connectivity index (χ1n) is 9.21. The van der Waals surface area contributed by atoms with Gasteiger partial charge in [0, 0.05) is 4.47 Å². The highest BCUT2D eigenvalue weighted by atomic mass is 79.9. The second-order valence-corrected chi connectivity index (χ2v) is 10.2. The Morgan fingerprint density at radius 2 is 1.73 bits per heavy atom. The first-order chi connectivity index (χ1) is 11.8. The van der Waals surface area contributed by atoms with E-state index >= 15 is 0 Å². The van der Waals surface area contributed by atoms with Crippen LogP contribution in [0.4, 0.5) is 10.5 Å². The molecule has 0 atom stereocenters. The number of anilines is 1. The summed E-state index contributed by atoms with van der Waals surface area (Å²) in [5.74, 6) is 0.0215. The van der Waals surface area contributed by atoms with Gasteiger partial charge in [-0.3, -0.25) is 9.69 Å². The van der Waals surface area contributed by atoms with Gasteiger partial charge >= 0.3 is 6.09 Å². The van der Waals surface area contributed by atoms with Crippen LogP contribution < -0.4 is 4.90 Å². The third kappa shape index (κ3) is 2.79. The van der Waals surface area contributed by atoms with Crippen LogP contribution in [0.3, 0.4) is 0 Å². The third-order valence-corrected chi connectivity index (χ3v) is 6.18. The molecule has 0 N–H and O–H groups in total. The zero-order chi connectivity index (χ0) is 19.7. The Hall–Kier alpha value is -1.36. The van der Waals surface area contributed by atoms with E-state index in [0.29, 0.717) is 0 Å². The van der Waals surface area contributed by atoms with Gasteiger partial charge < -0.3 is 4.74 Å². The first-order valence-corrected chi connectivity index (χ1v) is 10.0. The molecule has 0 bridgehead atoms. The van der Waals surface area contributed by atoms with E-state index in [2.05, 4.69) is 15.9 Å². The summed E-state index contributed by atoms with van der Waals surface area (Å²) >= 11 is 3.69. The monoisotopic (exact) mass is 421 g/mol. The van der Waals surface area contributed by atoms with Crippen LogP contribution in [-0.2, 0) is 27.8 Å². The van der Waals surface area contributed by atoms with E-state index in [0.717, 1.165) is 35.0 Å². The summed E-state index contributed by atoms with van der Waals surface area (Å²) in [6.45, 7) is 13.1. The number of fused-ring (bicyclic) bond motifs is 3. The fraction of sp³-hybridized carbons (Fsp3) is 0.619. The number of amides is 1. The number of carbonyl (C=O) groups is 2. The molecule has 5 heteroatoms. The number of ketones is 1. The summed E-state index contributed by atoms with van der Waals surface area (Å²) in [6.07, 6.45) is 2.50. The number of rotatable bonds is 0. The average molecular weight is 422 g/mol. The molecule has 1 aliphatic heterocycles. The summed E-state index contributed by atoms with van der Waals surface area (Å²) in [5.41, 5.74) is 1.94.